The first-order valence-corrected chi connectivity index (χ1v) is 5.82. The third-order valence-electron chi connectivity index (χ3n) is 2.61. The Labute approximate surface area is 109 Å². The number of carbonyl (C=O) groups is 1. The Kier molecular flexibility index (Phi) is 3.62. The minimum absolute atomic E-state index is 0.333. The highest BCUT2D eigenvalue weighted by Gasteiger charge is 2.15. The Morgan fingerprint density at radius 1 is 1.50 bits per heavy atom. The standard InChI is InChI=1S/C12H12ClN3O2/c1-3-10-9(7-17)14-15-16(10)11-6-8(13)4-5-12(11)18-2/h4-7H,3H2,1-2H3. The van der Waals surface area contributed by atoms with E-state index in [4.69, 9.17) is 16.3 Å². The maximum absolute atomic E-state index is 10.9. The Bertz CT molecular complexity index is 581. The van der Waals surface area contributed by atoms with Crippen molar-refractivity contribution in [3.05, 3.63) is 34.6 Å². The van der Waals surface area contributed by atoms with Crippen molar-refractivity contribution in [2.75, 3.05) is 7.11 Å². The van der Waals surface area contributed by atoms with Crippen LogP contribution in [0, 0.1) is 0 Å². The van der Waals surface area contributed by atoms with Crippen LogP contribution in [0.5, 0.6) is 5.75 Å². The van der Waals surface area contributed by atoms with E-state index in [1.54, 1.807) is 30.0 Å². The molecule has 0 bridgehead atoms. The zero-order valence-electron chi connectivity index (χ0n) is 10.1. The number of rotatable bonds is 4. The van der Waals surface area contributed by atoms with Crippen LogP contribution in [0.4, 0.5) is 0 Å². The molecule has 0 saturated heterocycles. The largest absolute Gasteiger partial charge is 0.494 e. The van der Waals surface area contributed by atoms with Gasteiger partial charge in [-0.05, 0) is 24.6 Å². The summed E-state index contributed by atoms with van der Waals surface area (Å²) in [6.07, 6.45) is 1.33. The Morgan fingerprint density at radius 3 is 2.89 bits per heavy atom. The quantitative estimate of drug-likeness (QED) is 0.796. The van der Waals surface area contributed by atoms with Gasteiger partial charge in [-0.1, -0.05) is 23.7 Å². The first-order valence-electron chi connectivity index (χ1n) is 5.45. The van der Waals surface area contributed by atoms with Gasteiger partial charge in [0.2, 0.25) is 0 Å². The van der Waals surface area contributed by atoms with Crippen molar-refractivity contribution in [1.82, 2.24) is 15.0 Å². The summed E-state index contributed by atoms with van der Waals surface area (Å²) in [5.74, 6) is 0.622. The van der Waals surface area contributed by atoms with E-state index in [9.17, 15) is 4.79 Å². The van der Waals surface area contributed by atoms with Gasteiger partial charge in [0.15, 0.2) is 6.29 Å². The van der Waals surface area contributed by atoms with Gasteiger partial charge in [-0.3, -0.25) is 4.79 Å². The Morgan fingerprint density at radius 2 is 2.28 bits per heavy atom. The van der Waals surface area contributed by atoms with Gasteiger partial charge in [0.05, 0.1) is 12.8 Å². The number of aromatic nitrogens is 3. The average molecular weight is 266 g/mol. The molecule has 0 aliphatic rings. The van der Waals surface area contributed by atoms with E-state index in [2.05, 4.69) is 10.3 Å². The van der Waals surface area contributed by atoms with E-state index in [0.717, 1.165) is 5.69 Å². The molecule has 1 aromatic heterocycles. The fraction of sp³-hybridized carbons (Fsp3) is 0.250. The highest BCUT2D eigenvalue weighted by Crippen LogP contribution is 2.27. The lowest BCUT2D eigenvalue weighted by atomic mass is 10.2. The molecule has 0 aliphatic carbocycles. The van der Waals surface area contributed by atoms with Crippen LogP contribution in [-0.4, -0.2) is 28.4 Å². The van der Waals surface area contributed by atoms with Crippen LogP contribution in [0.25, 0.3) is 5.69 Å². The predicted octanol–water partition coefficient (Wildman–Crippen LogP) is 2.30. The van der Waals surface area contributed by atoms with Gasteiger partial charge in [0, 0.05) is 5.02 Å². The molecule has 1 heterocycles. The summed E-state index contributed by atoms with van der Waals surface area (Å²) in [5, 5.41) is 8.37. The molecule has 2 aromatic rings. The summed E-state index contributed by atoms with van der Waals surface area (Å²) in [7, 11) is 1.57. The fourth-order valence-electron chi connectivity index (χ4n) is 1.76. The van der Waals surface area contributed by atoms with Crippen LogP contribution >= 0.6 is 11.6 Å². The van der Waals surface area contributed by atoms with Gasteiger partial charge in [-0.15, -0.1) is 5.10 Å². The molecule has 0 aliphatic heterocycles. The lowest BCUT2D eigenvalue weighted by molar-refractivity contribution is 0.111. The highest BCUT2D eigenvalue weighted by atomic mass is 35.5. The van der Waals surface area contributed by atoms with Crippen molar-refractivity contribution in [2.45, 2.75) is 13.3 Å². The van der Waals surface area contributed by atoms with E-state index >= 15 is 0 Å². The molecular weight excluding hydrogens is 254 g/mol. The lowest BCUT2D eigenvalue weighted by Crippen LogP contribution is -2.04. The number of hydrogen-bond donors (Lipinski definition) is 0. The lowest BCUT2D eigenvalue weighted by Gasteiger charge is -2.10. The number of methoxy groups -OCH3 is 1. The third-order valence-corrected chi connectivity index (χ3v) is 2.84. The van der Waals surface area contributed by atoms with Crippen molar-refractivity contribution < 1.29 is 9.53 Å². The summed E-state index contributed by atoms with van der Waals surface area (Å²) in [4.78, 5) is 10.9. The van der Waals surface area contributed by atoms with Crippen LogP contribution in [0.15, 0.2) is 18.2 Å². The van der Waals surface area contributed by atoms with E-state index in [0.29, 0.717) is 34.9 Å². The highest BCUT2D eigenvalue weighted by molar-refractivity contribution is 6.30. The Balaban J connectivity index is 2.64. The predicted molar refractivity (Wildman–Crippen MR) is 67.7 cm³/mol. The van der Waals surface area contributed by atoms with Gasteiger partial charge < -0.3 is 4.74 Å². The Hall–Kier alpha value is -1.88. The van der Waals surface area contributed by atoms with E-state index in [-0.39, 0.29) is 0 Å². The van der Waals surface area contributed by atoms with E-state index in [1.807, 2.05) is 6.92 Å². The maximum atomic E-state index is 10.9. The zero-order valence-corrected chi connectivity index (χ0v) is 10.8. The van der Waals surface area contributed by atoms with Crippen LogP contribution in [-0.2, 0) is 6.42 Å². The number of nitrogens with zero attached hydrogens (tertiary/aromatic N) is 3. The number of benzene rings is 1. The SMILES string of the molecule is CCc1c(C=O)nnn1-c1cc(Cl)ccc1OC. The van der Waals surface area contributed by atoms with Gasteiger partial charge in [-0.2, -0.15) is 0 Å². The first-order chi connectivity index (χ1) is 8.71. The molecule has 0 fully saturated rings. The summed E-state index contributed by atoms with van der Waals surface area (Å²) < 4.78 is 6.84. The second-order valence-electron chi connectivity index (χ2n) is 3.62. The van der Waals surface area contributed by atoms with Crippen molar-refractivity contribution >= 4 is 17.9 Å². The van der Waals surface area contributed by atoms with E-state index in [1.165, 1.54) is 0 Å². The normalized spacial score (nSPS) is 10.4. The van der Waals surface area contributed by atoms with Gasteiger partial charge >= 0.3 is 0 Å². The molecule has 0 atom stereocenters. The molecule has 5 nitrogen and oxygen atoms in total. The monoisotopic (exact) mass is 265 g/mol. The van der Waals surface area contributed by atoms with Crippen LogP contribution in [0.2, 0.25) is 5.02 Å². The molecule has 0 unspecified atom stereocenters. The molecule has 2 rings (SSSR count). The smallest absolute Gasteiger partial charge is 0.172 e. The van der Waals surface area contributed by atoms with Crippen molar-refractivity contribution in [1.29, 1.82) is 0 Å². The van der Waals surface area contributed by atoms with Crippen molar-refractivity contribution in [3.63, 3.8) is 0 Å². The molecule has 6 heteroatoms. The molecule has 0 amide bonds. The number of ether oxygens (including phenoxy) is 1. The molecule has 0 saturated carbocycles. The van der Waals surface area contributed by atoms with Crippen molar-refractivity contribution in [3.8, 4) is 11.4 Å². The molecule has 18 heavy (non-hydrogen) atoms. The summed E-state index contributed by atoms with van der Waals surface area (Å²) in [5.41, 5.74) is 1.73. The fourth-order valence-corrected chi connectivity index (χ4v) is 1.92. The second kappa shape index (κ2) is 5.18. The second-order valence-corrected chi connectivity index (χ2v) is 4.06. The zero-order chi connectivity index (χ0) is 13.1. The van der Waals surface area contributed by atoms with Crippen LogP contribution < -0.4 is 4.74 Å². The average Bonchev–Trinajstić information content (AvgIpc) is 2.81. The first kappa shape index (κ1) is 12.6. The minimum atomic E-state index is 0.333. The number of hydrogen-bond acceptors (Lipinski definition) is 4. The summed E-state index contributed by atoms with van der Waals surface area (Å²) in [6.45, 7) is 1.93. The van der Waals surface area contributed by atoms with Crippen molar-refractivity contribution in [2.24, 2.45) is 0 Å². The third kappa shape index (κ3) is 2.09. The van der Waals surface area contributed by atoms with Gasteiger partial charge in [0.25, 0.3) is 0 Å². The summed E-state index contributed by atoms with van der Waals surface area (Å²) >= 11 is 5.97. The van der Waals surface area contributed by atoms with E-state index < -0.39 is 0 Å². The maximum Gasteiger partial charge on any atom is 0.172 e. The molecule has 0 spiro atoms. The van der Waals surface area contributed by atoms with Gasteiger partial charge in [0.1, 0.15) is 17.1 Å². The number of carbonyl (C=O) groups excluding carboxylic acids is 1. The molecular formula is C12H12ClN3O2. The number of aldehydes is 1. The minimum Gasteiger partial charge on any atom is -0.494 e. The molecule has 94 valence electrons. The topological polar surface area (TPSA) is 57.0 Å². The van der Waals surface area contributed by atoms with Crippen LogP contribution in [0.1, 0.15) is 23.1 Å². The van der Waals surface area contributed by atoms with Crippen LogP contribution in [0.3, 0.4) is 0 Å². The summed E-state index contributed by atoms with van der Waals surface area (Å²) in [6, 6.07) is 5.20. The molecule has 1 aromatic carbocycles. The molecule has 0 radical (unpaired) electrons. The number of halogens is 1. The van der Waals surface area contributed by atoms with Gasteiger partial charge in [-0.25, -0.2) is 4.68 Å². The molecule has 0 N–H and O–H groups in total.